The maximum Gasteiger partial charge on any atom is 0.329 e. The van der Waals surface area contributed by atoms with E-state index in [0.717, 1.165) is 38.3 Å². The summed E-state index contributed by atoms with van der Waals surface area (Å²) in [5, 5.41) is 2.90. The number of aryl methyl sites for hydroxylation is 1. The SMILES string of the molecule is COc1cccc([C@@]2(C)NC(=O)N(C[NH+]3CC[NH+](Cc4ccccc4C)CC3)C2=O)c1. The molecule has 2 aromatic carbocycles. The molecule has 2 aliphatic rings. The number of carbonyl (C=O) groups excluding carboxylic acids is 2. The molecule has 164 valence electrons. The Kier molecular flexibility index (Phi) is 5.98. The van der Waals surface area contributed by atoms with Crippen LogP contribution in [0.2, 0.25) is 0 Å². The molecule has 0 aliphatic carbocycles. The van der Waals surface area contributed by atoms with E-state index in [2.05, 4.69) is 36.5 Å². The number of benzene rings is 2. The highest BCUT2D eigenvalue weighted by Gasteiger charge is 2.50. The minimum atomic E-state index is -1.07. The molecule has 0 unspecified atom stereocenters. The van der Waals surface area contributed by atoms with Crippen molar-refractivity contribution in [1.29, 1.82) is 0 Å². The summed E-state index contributed by atoms with van der Waals surface area (Å²) in [6.45, 7) is 9.29. The van der Waals surface area contributed by atoms with Gasteiger partial charge in [-0.15, -0.1) is 0 Å². The second kappa shape index (κ2) is 8.69. The summed E-state index contributed by atoms with van der Waals surface area (Å²) in [4.78, 5) is 30.1. The summed E-state index contributed by atoms with van der Waals surface area (Å²) in [6, 6.07) is 15.5. The van der Waals surface area contributed by atoms with Gasteiger partial charge in [-0.05, 0) is 37.1 Å². The highest BCUT2D eigenvalue weighted by molar-refractivity contribution is 6.07. The zero-order chi connectivity index (χ0) is 22.0. The molecule has 0 aromatic heterocycles. The Bertz CT molecular complexity index is 971. The third-order valence-corrected chi connectivity index (χ3v) is 6.67. The van der Waals surface area contributed by atoms with Gasteiger partial charge >= 0.3 is 6.03 Å². The molecule has 2 fully saturated rings. The molecule has 4 rings (SSSR count). The zero-order valence-corrected chi connectivity index (χ0v) is 18.5. The second-order valence-electron chi connectivity index (χ2n) is 8.78. The van der Waals surface area contributed by atoms with E-state index in [-0.39, 0.29) is 11.9 Å². The van der Waals surface area contributed by atoms with Gasteiger partial charge in [0.15, 0.2) is 6.67 Å². The fourth-order valence-electron chi connectivity index (χ4n) is 4.56. The minimum absolute atomic E-state index is 0.201. The van der Waals surface area contributed by atoms with Crippen molar-refractivity contribution in [3.63, 3.8) is 0 Å². The Morgan fingerprint density at radius 1 is 1.03 bits per heavy atom. The molecule has 7 heteroatoms. The number of methoxy groups -OCH3 is 1. The average molecular weight is 425 g/mol. The fourth-order valence-corrected chi connectivity index (χ4v) is 4.56. The van der Waals surface area contributed by atoms with E-state index in [0.29, 0.717) is 12.4 Å². The number of piperazine rings is 1. The summed E-state index contributed by atoms with van der Waals surface area (Å²) in [6.07, 6.45) is 0. The number of carbonyl (C=O) groups is 2. The first kappa shape index (κ1) is 21.3. The molecule has 1 atom stereocenters. The lowest BCUT2D eigenvalue weighted by molar-refractivity contribution is -1.02. The van der Waals surface area contributed by atoms with Gasteiger partial charge in [0.25, 0.3) is 5.91 Å². The van der Waals surface area contributed by atoms with Gasteiger partial charge < -0.3 is 19.9 Å². The van der Waals surface area contributed by atoms with Crippen LogP contribution in [0.5, 0.6) is 5.75 Å². The molecule has 2 aromatic rings. The molecular weight excluding hydrogens is 392 g/mol. The maximum absolute atomic E-state index is 13.2. The second-order valence-corrected chi connectivity index (χ2v) is 8.78. The molecule has 7 nitrogen and oxygen atoms in total. The molecule has 0 saturated carbocycles. The lowest BCUT2D eigenvalue weighted by atomic mass is 9.92. The third kappa shape index (κ3) is 4.29. The zero-order valence-electron chi connectivity index (χ0n) is 18.5. The van der Waals surface area contributed by atoms with Gasteiger partial charge in [0.1, 0.15) is 44.0 Å². The van der Waals surface area contributed by atoms with Crippen LogP contribution in [0.3, 0.4) is 0 Å². The number of nitrogens with one attached hydrogen (secondary N) is 3. The van der Waals surface area contributed by atoms with Crippen LogP contribution in [0.25, 0.3) is 0 Å². The number of rotatable bonds is 6. The van der Waals surface area contributed by atoms with Gasteiger partial charge in [-0.25, -0.2) is 9.69 Å². The number of amides is 3. The monoisotopic (exact) mass is 424 g/mol. The third-order valence-electron chi connectivity index (χ3n) is 6.67. The van der Waals surface area contributed by atoms with Crippen molar-refractivity contribution in [1.82, 2.24) is 10.2 Å². The number of ether oxygens (including phenoxy) is 1. The van der Waals surface area contributed by atoms with Gasteiger partial charge in [-0.3, -0.25) is 4.79 Å². The van der Waals surface area contributed by atoms with Crippen LogP contribution in [0, 0.1) is 6.92 Å². The Balaban J connectivity index is 1.37. The Hall–Kier alpha value is -2.90. The number of nitrogens with zero attached hydrogens (tertiary/aromatic N) is 1. The van der Waals surface area contributed by atoms with Gasteiger partial charge in [0.2, 0.25) is 0 Å². The summed E-state index contributed by atoms with van der Waals surface area (Å²) in [5.74, 6) is 0.463. The molecule has 3 amide bonds. The van der Waals surface area contributed by atoms with Crippen molar-refractivity contribution in [2.45, 2.75) is 25.9 Å². The van der Waals surface area contributed by atoms with Gasteiger partial charge in [0, 0.05) is 5.56 Å². The number of urea groups is 1. The summed E-state index contributed by atoms with van der Waals surface area (Å²) < 4.78 is 5.29. The van der Waals surface area contributed by atoms with Crippen LogP contribution in [-0.4, -0.2) is 56.8 Å². The van der Waals surface area contributed by atoms with Crippen molar-refractivity contribution >= 4 is 11.9 Å². The predicted molar refractivity (Wildman–Crippen MR) is 117 cm³/mol. The lowest BCUT2D eigenvalue weighted by Crippen LogP contribution is -3.28. The molecule has 0 spiro atoms. The van der Waals surface area contributed by atoms with Crippen molar-refractivity contribution in [2.24, 2.45) is 0 Å². The van der Waals surface area contributed by atoms with Gasteiger partial charge in [-0.1, -0.05) is 36.4 Å². The average Bonchev–Trinajstić information content (AvgIpc) is 3.00. The predicted octanol–water partition coefficient (Wildman–Crippen LogP) is -0.288. The molecule has 31 heavy (non-hydrogen) atoms. The topological polar surface area (TPSA) is 67.5 Å². The summed E-state index contributed by atoms with van der Waals surface area (Å²) in [7, 11) is 1.59. The molecule has 3 N–H and O–H groups in total. The van der Waals surface area contributed by atoms with Crippen LogP contribution in [0.4, 0.5) is 4.79 Å². The lowest BCUT2D eigenvalue weighted by Gasteiger charge is -2.31. The summed E-state index contributed by atoms with van der Waals surface area (Å²) >= 11 is 0. The maximum atomic E-state index is 13.2. The van der Waals surface area contributed by atoms with Crippen molar-refractivity contribution in [3.05, 3.63) is 65.2 Å². The normalized spacial score (nSPS) is 26.1. The van der Waals surface area contributed by atoms with Crippen LogP contribution in [-0.2, 0) is 16.9 Å². The Morgan fingerprint density at radius 2 is 1.74 bits per heavy atom. The number of hydrogen-bond donors (Lipinski definition) is 3. The largest absolute Gasteiger partial charge is 0.497 e. The standard InChI is InChI=1S/C24H30N4O3/c1-18-7-4-5-8-19(18)16-26-11-13-27(14-12-26)17-28-22(29)24(2,25-23(28)30)20-9-6-10-21(15-20)31-3/h4-10,15H,11-14,16-17H2,1-3H3,(H,25,30)/p+2/t24-/m1/s1. The van der Waals surface area contributed by atoms with Crippen LogP contribution < -0.4 is 19.9 Å². The molecule has 2 saturated heterocycles. The molecule has 2 aliphatic heterocycles. The number of quaternary nitrogens is 2. The van der Waals surface area contributed by atoms with E-state index in [9.17, 15) is 9.59 Å². The first-order valence-electron chi connectivity index (χ1n) is 10.9. The fraction of sp³-hybridized carbons (Fsp3) is 0.417. The minimum Gasteiger partial charge on any atom is -0.497 e. The van der Waals surface area contributed by atoms with E-state index >= 15 is 0 Å². The Labute approximate surface area is 183 Å². The smallest absolute Gasteiger partial charge is 0.329 e. The van der Waals surface area contributed by atoms with Crippen molar-refractivity contribution in [2.75, 3.05) is 40.0 Å². The highest BCUT2D eigenvalue weighted by Crippen LogP contribution is 2.30. The number of hydrogen-bond acceptors (Lipinski definition) is 3. The van der Waals surface area contributed by atoms with Crippen LogP contribution in [0.1, 0.15) is 23.6 Å². The highest BCUT2D eigenvalue weighted by atomic mass is 16.5. The van der Waals surface area contributed by atoms with E-state index < -0.39 is 5.54 Å². The Morgan fingerprint density at radius 3 is 2.45 bits per heavy atom. The van der Waals surface area contributed by atoms with E-state index in [1.54, 1.807) is 18.9 Å². The quantitative estimate of drug-likeness (QED) is 0.559. The van der Waals surface area contributed by atoms with Crippen LogP contribution in [0.15, 0.2) is 48.5 Å². The van der Waals surface area contributed by atoms with Gasteiger partial charge in [0.05, 0.1) is 7.11 Å². The van der Waals surface area contributed by atoms with Crippen molar-refractivity contribution in [3.8, 4) is 5.75 Å². The summed E-state index contributed by atoms with van der Waals surface area (Å²) in [5.41, 5.74) is 2.39. The first-order chi connectivity index (χ1) is 14.9. The molecule has 0 radical (unpaired) electrons. The number of imide groups is 1. The molecular formula is C24H32N4O3+2. The van der Waals surface area contributed by atoms with Crippen LogP contribution >= 0.6 is 0 Å². The molecule has 0 bridgehead atoms. The van der Waals surface area contributed by atoms with E-state index in [1.807, 2.05) is 24.3 Å². The van der Waals surface area contributed by atoms with Crippen molar-refractivity contribution < 1.29 is 24.1 Å². The van der Waals surface area contributed by atoms with E-state index in [1.165, 1.54) is 20.9 Å². The van der Waals surface area contributed by atoms with E-state index in [4.69, 9.17) is 4.74 Å². The molecule has 2 heterocycles. The van der Waals surface area contributed by atoms with Gasteiger partial charge in [-0.2, -0.15) is 0 Å². The first-order valence-corrected chi connectivity index (χ1v) is 10.9.